The van der Waals surface area contributed by atoms with Gasteiger partial charge < -0.3 is 0 Å². The average Bonchev–Trinajstić information content (AvgIpc) is 2.88. The van der Waals surface area contributed by atoms with Crippen LogP contribution in [0, 0.1) is 0 Å². The van der Waals surface area contributed by atoms with Gasteiger partial charge in [0.2, 0.25) is 4.34 Å². The number of nitrogens with one attached hydrogen (secondary N) is 1. The third-order valence-corrected chi connectivity index (χ3v) is 7.65. The molecule has 1 N–H and O–H groups in total. The van der Waals surface area contributed by atoms with Crippen LogP contribution in [0.25, 0.3) is 10.6 Å². The molecule has 120 valence electrons. The highest BCUT2D eigenvalue weighted by atomic mass is 35.5. The summed E-state index contributed by atoms with van der Waals surface area (Å²) in [6.45, 7) is 0. The Morgan fingerprint density at radius 1 is 1.14 bits per heavy atom. The largest absolute Gasteiger partial charge is 0.292 e. The standard InChI is InChI=1S/C10H11ClN4O4S3/c1-15(2)22(18,19)14-21(16,17)10-13-12-9(20-10)7-5-3-4-6-8(7)11/h3-6,14H,1-2H3. The first-order valence-corrected chi connectivity index (χ1v) is 9.80. The zero-order valence-electron chi connectivity index (χ0n) is 11.4. The van der Waals surface area contributed by atoms with Crippen molar-refractivity contribution in [3.05, 3.63) is 29.3 Å². The normalized spacial score (nSPS) is 12.7. The number of hydrogen-bond donors (Lipinski definition) is 1. The topological polar surface area (TPSA) is 109 Å². The Labute approximate surface area is 137 Å². The van der Waals surface area contributed by atoms with Crippen LogP contribution in [0.15, 0.2) is 28.6 Å². The molecule has 8 nitrogen and oxygen atoms in total. The summed E-state index contributed by atoms with van der Waals surface area (Å²) in [4.78, 5) is 0. The summed E-state index contributed by atoms with van der Waals surface area (Å²) in [5.41, 5.74) is 0.513. The van der Waals surface area contributed by atoms with Crippen molar-refractivity contribution < 1.29 is 16.8 Å². The first kappa shape index (κ1) is 17.2. The minimum absolute atomic E-state index is 0.272. The lowest BCUT2D eigenvalue weighted by Gasteiger charge is -2.10. The van der Waals surface area contributed by atoms with Gasteiger partial charge in [-0.25, -0.2) is 8.42 Å². The molecule has 0 atom stereocenters. The van der Waals surface area contributed by atoms with Crippen LogP contribution in [0.2, 0.25) is 5.02 Å². The molecule has 0 unspecified atom stereocenters. The second-order valence-corrected chi connectivity index (χ2v) is 9.61. The molecule has 1 heterocycles. The van der Waals surface area contributed by atoms with Crippen LogP contribution in [0.3, 0.4) is 0 Å². The lowest BCUT2D eigenvalue weighted by atomic mass is 10.2. The number of sulfonamides is 1. The molecular weight excluding hydrogens is 372 g/mol. The molecule has 0 bridgehead atoms. The highest BCUT2D eigenvalue weighted by molar-refractivity contribution is 8.04. The molecule has 0 fully saturated rings. The molecule has 0 spiro atoms. The van der Waals surface area contributed by atoms with Gasteiger partial charge in [0.25, 0.3) is 20.2 Å². The van der Waals surface area contributed by atoms with E-state index in [1.165, 1.54) is 14.1 Å². The summed E-state index contributed by atoms with van der Waals surface area (Å²) >= 11 is 6.72. The van der Waals surface area contributed by atoms with Gasteiger partial charge in [-0.15, -0.1) is 10.2 Å². The first-order chi connectivity index (χ1) is 10.1. The fourth-order valence-electron chi connectivity index (χ4n) is 1.31. The lowest BCUT2D eigenvalue weighted by Crippen LogP contribution is -2.39. The molecule has 0 saturated heterocycles. The summed E-state index contributed by atoms with van der Waals surface area (Å²) in [7, 11) is -6.10. The molecule has 0 aliphatic heterocycles. The highest BCUT2D eigenvalue weighted by Crippen LogP contribution is 2.31. The lowest BCUT2D eigenvalue weighted by molar-refractivity contribution is 0.513. The average molecular weight is 383 g/mol. The van der Waals surface area contributed by atoms with Crippen molar-refractivity contribution in [3.8, 4) is 10.6 Å². The van der Waals surface area contributed by atoms with E-state index in [4.69, 9.17) is 11.6 Å². The Bertz CT molecular complexity index is 892. The predicted octanol–water partition coefficient (Wildman–Crippen LogP) is 0.943. The van der Waals surface area contributed by atoms with Crippen molar-refractivity contribution >= 4 is 43.2 Å². The van der Waals surface area contributed by atoms with E-state index < -0.39 is 24.6 Å². The number of hydrogen-bond acceptors (Lipinski definition) is 7. The van der Waals surface area contributed by atoms with Gasteiger partial charge in [0.1, 0.15) is 5.01 Å². The third-order valence-electron chi connectivity index (χ3n) is 2.44. The maximum atomic E-state index is 12.0. The maximum absolute atomic E-state index is 12.0. The Morgan fingerprint density at radius 2 is 1.77 bits per heavy atom. The molecule has 1 aromatic heterocycles. The van der Waals surface area contributed by atoms with Gasteiger partial charge in [0.15, 0.2) is 0 Å². The number of rotatable bonds is 5. The fourth-order valence-corrected chi connectivity index (χ4v) is 5.33. The molecule has 0 radical (unpaired) electrons. The van der Waals surface area contributed by atoms with Crippen molar-refractivity contribution in [1.29, 1.82) is 0 Å². The minimum atomic E-state index is -4.34. The zero-order valence-corrected chi connectivity index (χ0v) is 14.6. The molecule has 12 heteroatoms. The fraction of sp³-hybridized carbons (Fsp3) is 0.200. The summed E-state index contributed by atoms with van der Waals surface area (Å²) in [5, 5.41) is 7.93. The summed E-state index contributed by atoms with van der Waals surface area (Å²) in [6.07, 6.45) is 0. The van der Waals surface area contributed by atoms with E-state index in [2.05, 4.69) is 10.2 Å². The zero-order chi connectivity index (χ0) is 16.5. The number of halogens is 1. The molecule has 0 amide bonds. The Morgan fingerprint density at radius 3 is 2.36 bits per heavy atom. The van der Waals surface area contributed by atoms with Gasteiger partial charge in [-0.05, 0) is 6.07 Å². The van der Waals surface area contributed by atoms with Gasteiger partial charge in [-0.1, -0.05) is 45.3 Å². The van der Waals surface area contributed by atoms with Gasteiger partial charge >= 0.3 is 0 Å². The van der Waals surface area contributed by atoms with Crippen molar-refractivity contribution in [2.75, 3.05) is 14.1 Å². The quantitative estimate of drug-likeness (QED) is 0.824. The van der Waals surface area contributed by atoms with Crippen LogP contribution < -0.4 is 4.13 Å². The van der Waals surface area contributed by atoms with E-state index in [-0.39, 0.29) is 5.01 Å². The molecule has 1 aromatic carbocycles. The molecule has 0 saturated carbocycles. The highest BCUT2D eigenvalue weighted by Gasteiger charge is 2.28. The second-order valence-electron chi connectivity index (χ2n) is 4.23. The van der Waals surface area contributed by atoms with E-state index in [1.807, 2.05) is 0 Å². The van der Waals surface area contributed by atoms with Gasteiger partial charge in [0.05, 0.1) is 5.02 Å². The van der Waals surface area contributed by atoms with Crippen LogP contribution in [0.1, 0.15) is 0 Å². The van der Waals surface area contributed by atoms with Crippen LogP contribution in [0.4, 0.5) is 0 Å². The third kappa shape index (κ3) is 3.62. The summed E-state index contributed by atoms with van der Waals surface area (Å²) in [6, 6.07) is 6.71. The molecule has 0 aliphatic rings. The van der Waals surface area contributed by atoms with E-state index >= 15 is 0 Å². The molecular formula is C10H11ClN4O4S3. The van der Waals surface area contributed by atoms with E-state index in [0.717, 1.165) is 15.6 Å². The summed E-state index contributed by atoms with van der Waals surface area (Å²) < 4.78 is 49.2. The SMILES string of the molecule is CN(C)S(=O)(=O)NS(=O)(=O)c1nnc(-c2ccccc2Cl)s1. The molecule has 22 heavy (non-hydrogen) atoms. The van der Waals surface area contributed by atoms with Crippen molar-refractivity contribution in [2.45, 2.75) is 4.34 Å². The number of benzene rings is 1. The predicted molar refractivity (Wildman–Crippen MR) is 83.3 cm³/mol. The van der Waals surface area contributed by atoms with Gasteiger partial charge in [-0.2, -0.15) is 12.7 Å². The minimum Gasteiger partial charge on any atom is -0.203 e. The Hall–Kier alpha value is -1.11. The number of nitrogens with zero attached hydrogens (tertiary/aromatic N) is 3. The van der Waals surface area contributed by atoms with Crippen LogP contribution in [0.5, 0.6) is 0 Å². The first-order valence-electron chi connectivity index (χ1n) is 5.68. The van der Waals surface area contributed by atoms with Gasteiger partial charge in [-0.3, -0.25) is 0 Å². The van der Waals surface area contributed by atoms with E-state index in [1.54, 1.807) is 28.4 Å². The Balaban J connectivity index is 2.38. The smallest absolute Gasteiger partial charge is 0.203 e. The maximum Gasteiger partial charge on any atom is 0.292 e. The summed E-state index contributed by atoms with van der Waals surface area (Å²) in [5.74, 6) is 0. The Kier molecular flexibility index (Phi) is 4.84. The van der Waals surface area contributed by atoms with Crippen molar-refractivity contribution in [3.63, 3.8) is 0 Å². The van der Waals surface area contributed by atoms with Crippen molar-refractivity contribution in [2.24, 2.45) is 0 Å². The molecule has 2 rings (SSSR count). The van der Waals surface area contributed by atoms with Crippen LogP contribution >= 0.6 is 22.9 Å². The molecule has 0 aliphatic carbocycles. The second kappa shape index (κ2) is 6.18. The number of aromatic nitrogens is 2. The van der Waals surface area contributed by atoms with Crippen molar-refractivity contribution in [1.82, 2.24) is 18.6 Å². The van der Waals surface area contributed by atoms with E-state index in [9.17, 15) is 16.8 Å². The molecule has 2 aromatic rings. The monoisotopic (exact) mass is 382 g/mol. The van der Waals surface area contributed by atoms with Crippen LogP contribution in [-0.4, -0.2) is 45.4 Å². The van der Waals surface area contributed by atoms with Gasteiger partial charge in [0, 0.05) is 19.7 Å². The van der Waals surface area contributed by atoms with E-state index in [0.29, 0.717) is 10.6 Å². The van der Waals surface area contributed by atoms with Crippen LogP contribution in [-0.2, 0) is 20.2 Å².